The van der Waals surface area contributed by atoms with Gasteiger partial charge < -0.3 is 16.2 Å². The molecular formula is C14H13FN2O2S. The summed E-state index contributed by atoms with van der Waals surface area (Å²) in [5.74, 6) is -2.02. The number of benzene rings is 2. The van der Waals surface area contributed by atoms with Crippen LogP contribution in [0.2, 0.25) is 0 Å². The number of nitrogen functional groups attached to an aromatic ring is 1. The molecule has 0 aromatic heterocycles. The van der Waals surface area contributed by atoms with Crippen molar-refractivity contribution in [3.05, 3.63) is 47.8 Å². The van der Waals surface area contributed by atoms with Crippen molar-refractivity contribution >= 4 is 34.8 Å². The lowest BCUT2D eigenvalue weighted by atomic mass is 10.1. The Morgan fingerprint density at radius 1 is 1.25 bits per heavy atom. The fraction of sp³-hybridized carbons (Fsp3) is 0.0714. The molecule has 0 radical (unpaired) electrons. The first kappa shape index (κ1) is 14.2. The smallest absolute Gasteiger partial charge is 0.340 e. The average molecular weight is 292 g/mol. The minimum atomic E-state index is -1.27. The van der Waals surface area contributed by atoms with E-state index in [2.05, 4.69) is 5.32 Å². The summed E-state index contributed by atoms with van der Waals surface area (Å²) in [5, 5.41) is 12.2. The molecule has 0 atom stereocenters. The van der Waals surface area contributed by atoms with Crippen LogP contribution in [-0.2, 0) is 0 Å². The molecule has 0 aliphatic rings. The van der Waals surface area contributed by atoms with Crippen LogP contribution in [0.4, 0.5) is 21.5 Å². The Morgan fingerprint density at radius 2 is 1.95 bits per heavy atom. The Balaban J connectivity index is 2.49. The molecule has 104 valence electrons. The highest BCUT2D eigenvalue weighted by Crippen LogP contribution is 2.32. The number of para-hydroxylation sites is 1. The average Bonchev–Trinajstić information content (AvgIpc) is 2.43. The van der Waals surface area contributed by atoms with Gasteiger partial charge in [0, 0.05) is 4.90 Å². The zero-order valence-corrected chi connectivity index (χ0v) is 11.5. The van der Waals surface area contributed by atoms with Crippen molar-refractivity contribution in [2.45, 2.75) is 4.90 Å². The van der Waals surface area contributed by atoms with Crippen LogP contribution < -0.4 is 11.1 Å². The molecule has 0 spiro atoms. The van der Waals surface area contributed by atoms with E-state index >= 15 is 0 Å². The largest absolute Gasteiger partial charge is 0.478 e. The Morgan fingerprint density at radius 3 is 2.60 bits per heavy atom. The number of rotatable bonds is 4. The van der Waals surface area contributed by atoms with Crippen LogP contribution in [0.1, 0.15) is 10.4 Å². The van der Waals surface area contributed by atoms with Crippen molar-refractivity contribution < 1.29 is 14.3 Å². The number of halogens is 1. The van der Waals surface area contributed by atoms with Gasteiger partial charge in [0.1, 0.15) is 11.4 Å². The summed E-state index contributed by atoms with van der Waals surface area (Å²) >= 11 is 1.52. The van der Waals surface area contributed by atoms with Gasteiger partial charge in [-0.3, -0.25) is 0 Å². The van der Waals surface area contributed by atoms with Gasteiger partial charge in [-0.15, -0.1) is 11.8 Å². The van der Waals surface area contributed by atoms with E-state index in [1.165, 1.54) is 17.8 Å². The topological polar surface area (TPSA) is 75.3 Å². The number of thioether (sulfide) groups is 1. The molecule has 4 nitrogen and oxygen atoms in total. The summed E-state index contributed by atoms with van der Waals surface area (Å²) in [6.07, 6.45) is 1.91. The quantitative estimate of drug-likeness (QED) is 0.593. The van der Waals surface area contributed by atoms with Crippen LogP contribution >= 0.6 is 11.8 Å². The second-order valence-electron chi connectivity index (χ2n) is 4.01. The second kappa shape index (κ2) is 5.83. The number of carbonyl (C=O) groups is 1. The van der Waals surface area contributed by atoms with Gasteiger partial charge in [-0.2, -0.15) is 0 Å². The predicted octanol–water partition coefficient (Wildman–Crippen LogP) is 3.57. The van der Waals surface area contributed by atoms with E-state index in [9.17, 15) is 14.3 Å². The van der Waals surface area contributed by atoms with E-state index in [0.717, 1.165) is 16.6 Å². The Kier molecular flexibility index (Phi) is 4.14. The molecule has 2 aromatic carbocycles. The summed E-state index contributed by atoms with van der Waals surface area (Å²) in [6.45, 7) is 0. The summed E-state index contributed by atoms with van der Waals surface area (Å²) < 4.78 is 13.4. The molecule has 0 bridgehead atoms. The van der Waals surface area contributed by atoms with Crippen molar-refractivity contribution in [2.75, 3.05) is 17.3 Å². The number of carboxylic acid groups (broad SMARTS) is 1. The third-order valence-electron chi connectivity index (χ3n) is 2.78. The molecule has 0 saturated heterocycles. The van der Waals surface area contributed by atoms with Gasteiger partial charge in [0.25, 0.3) is 0 Å². The number of aromatic carboxylic acids is 1. The van der Waals surface area contributed by atoms with E-state index < -0.39 is 11.8 Å². The van der Waals surface area contributed by atoms with Crippen molar-refractivity contribution in [1.29, 1.82) is 0 Å². The zero-order chi connectivity index (χ0) is 14.7. The highest BCUT2D eigenvalue weighted by atomic mass is 32.2. The van der Waals surface area contributed by atoms with Crippen LogP contribution in [0.25, 0.3) is 0 Å². The van der Waals surface area contributed by atoms with E-state index in [1.807, 2.05) is 30.5 Å². The molecule has 0 amide bonds. The SMILES string of the molecule is CSc1ccccc1Nc1ccc(F)c(N)c1C(=O)O. The maximum Gasteiger partial charge on any atom is 0.340 e. The lowest BCUT2D eigenvalue weighted by Crippen LogP contribution is -2.09. The monoisotopic (exact) mass is 292 g/mol. The fourth-order valence-corrected chi connectivity index (χ4v) is 2.38. The van der Waals surface area contributed by atoms with Crippen LogP contribution in [-0.4, -0.2) is 17.3 Å². The van der Waals surface area contributed by atoms with Crippen molar-refractivity contribution in [2.24, 2.45) is 0 Å². The maximum atomic E-state index is 13.4. The summed E-state index contributed by atoms with van der Waals surface area (Å²) in [4.78, 5) is 12.2. The molecule has 0 aliphatic heterocycles. The summed E-state index contributed by atoms with van der Waals surface area (Å²) in [5.41, 5.74) is 5.88. The third kappa shape index (κ3) is 2.70. The molecule has 0 unspecified atom stereocenters. The molecule has 20 heavy (non-hydrogen) atoms. The van der Waals surface area contributed by atoms with Crippen LogP contribution in [0.5, 0.6) is 0 Å². The summed E-state index contributed by atoms with van der Waals surface area (Å²) in [6, 6.07) is 9.94. The third-order valence-corrected chi connectivity index (χ3v) is 3.58. The van der Waals surface area contributed by atoms with Gasteiger partial charge >= 0.3 is 5.97 Å². The first-order valence-electron chi connectivity index (χ1n) is 5.76. The lowest BCUT2D eigenvalue weighted by Gasteiger charge is -2.14. The number of anilines is 3. The maximum absolute atomic E-state index is 13.4. The number of nitrogens with one attached hydrogen (secondary N) is 1. The first-order valence-corrected chi connectivity index (χ1v) is 6.98. The van der Waals surface area contributed by atoms with Gasteiger partial charge in [-0.25, -0.2) is 9.18 Å². The van der Waals surface area contributed by atoms with Crippen molar-refractivity contribution in [3.63, 3.8) is 0 Å². The van der Waals surface area contributed by atoms with Crippen molar-refractivity contribution in [3.8, 4) is 0 Å². The van der Waals surface area contributed by atoms with Gasteiger partial charge in [-0.05, 0) is 30.5 Å². The molecule has 4 N–H and O–H groups in total. The van der Waals surface area contributed by atoms with Crippen LogP contribution in [0, 0.1) is 5.82 Å². The lowest BCUT2D eigenvalue weighted by molar-refractivity contribution is 0.0698. The van der Waals surface area contributed by atoms with E-state index in [0.29, 0.717) is 0 Å². The number of hydrogen-bond acceptors (Lipinski definition) is 4. The molecule has 0 saturated carbocycles. The second-order valence-corrected chi connectivity index (χ2v) is 4.86. The normalized spacial score (nSPS) is 10.3. The zero-order valence-electron chi connectivity index (χ0n) is 10.7. The molecule has 0 aliphatic carbocycles. The predicted molar refractivity (Wildman–Crippen MR) is 79.3 cm³/mol. The molecule has 0 heterocycles. The van der Waals surface area contributed by atoms with Gasteiger partial charge in [0.2, 0.25) is 0 Å². The minimum Gasteiger partial charge on any atom is -0.478 e. The van der Waals surface area contributed by atoms with Crippen LogP contribution in [0.15, 0.2) is 41.3 Å². The van der Waals surface area contributed by atoms with Gasteiger partial charge in [0.05, 0.1) is 17.1 Å². The molecule has 2 rings (SSSR count). The van der Waals surface area contributed by atoms with E-state index in [1.54, 1.807) is 0 Å². The van der Waals surface area contributed by atoms with Gasteiger partial charge in [-0.1, -0.05) is 12.1 Å². The fourth-order valence-electron chi connectivity index (χ4n) is 1.82. The molecular weight excluding hydrogens is 279 g/mol. The van der Waals surface area contributed by atoms with Gasteiger partial charge in [0.15, 0.2) is 0 Å². The number of nitrogens with two attached hydrogens (primary N) is 1. The Bertz CT molecular complexity index is 662. The standard InChI is InChI=1S/C14H13FN2O2S/c1-20-11-5-3-2-4-9(11)17-10-7-6-8(15)13(16)12(10)14(18)19/h2-7,17H,16H2,1H3,(H,18,19). The molecule has 0 fully saturated rings. The number of carboxylic acids is 1. The summed E-state index contributed by atoms with van der Waals surface area (Å²) in [7, 11) is 0. The minimum absolute atomic E-state index is 0.262. The highest BCUT2D eigenvalue weighted by molar-refractivity contribution is 7.98. The Hall–Kier alpha value is -2.21. The molecule has 2 aromatic rings. The van der Waals surface area contributed by atoms with Crippen molar-refractivity contribution in [1.82, 2.24) is 0 Å². The first-order chi connectivity index (χ1) is 9.54. The Labute approximate surface area is 119 Å². The van der Waals surface area contributed by atoms with E-state index in [4.69, 9.17) is 5.73 Å². The van der Waals surface area contributed by atoms with E-state index in [-0.39, 0.29) is 16.9 Å². The highest BCUT2D eigenvalue weighted by Gasteiger charge is 2.18. The number of hydrogen-bond donors (Lipinski definition) is 3. The molecule has 6 heteroatoms. The van der Waals surface area contributed by atoms with Crippen LogP contribution in [0.3, 0.4) is 0 Å².